The van der Waals surface area contributed by atoms with Crippen LogP contribution in [0.3, 0.4) is 0 Å². The zero-order chi connectivity index (χ0) is 13.5. The average Bonchev–Trinajstić information content (AvgIpc) is 2.34. The molecule has 3 N–H and O–H groups in total. The predicted octanol–water partition coefficient (Wildman–Crippen LogP) is 1.48. The second-order valence-corrected chi connectivity index (χ2v) is 3.62. The lowest BCUT2D eigenvalue weighted by atomic mass is 10.1. The molecule has 0 saturated carbocycles. The lowest BCUT2D eigenvalue weighted by Gasteiger charge is -2.09. The van der Waals surface area contributed by atoms with Crippen LogP contribution in [0.5, 0.6) is 0 Å². The van der Waals surface area contributed by atoms with Gasteiger partial charge in [-0.15, -0.1) is 0 Å². The van der Waals surface area contributed by atoms with Gasteiger partial charge in [-0.3, -0.25) is 10.1 Å². The van der Waals surface area contributed by atoms with Crippen LogP contribution < -0.4 is 5.32 Å². The summed E-state index contributed by atoms with van der Waals surface area (Å²) in [5.41, 5.74) is -0.389. The van der Waals surface area contributed by atoms with Gasteiger partial charge in [0, 0.05) is 19.2 Å². The summed E-state index contributed by atoms with van der Waals surface area (Å²) in [5, 5.41) is 31.2. The van der Waals surface area contributed by atoms with Crippen molar-refractivity contribution in [3.8, 4) is 0 Å². The highest BCUT2D eigenvalue weighted by atomic mass is 16.6. The molecule has 0 saturated heterocycles. The Balaban J connectivity index is 2.96. The second kappa shape index (κ2) is 6.55. The molecule has 0 unspecified atom stereocenters. The van der Waals surface area contributed by atoms with Crippen LogP contribution in [0.25, 0.3) is 0 Å². The van der Waals surface area contributed by atoms with E-state index in [1.807, 2.05) is 0 Å². The Kier molecular flexibility index (Phi) is 5.06. The first kappa shape index (κ1) is 13.9. The first-order valence-electron chi connectivity index (χ1n) is 5.43. The lowest BCUT2D eigenvalue weighted by Crippen LogP contribution is -2.10. The molecule has 0 fully saturated rings. The summed E-state index contributed by atoms with van der Waals surface area (Å²) in [6, 6.07) is 3.89. The van der Waals surface area contributed by atoms with E-state index in [9.17, 15) is 14.9 Å². The molecule has 0 aliphatic rings. The van der Waals surface area contributed by atoms with Crippen molar-refractivity contribution in [3.05, 3.63) is 33.9 Å². The minimum Gasteiger partial charge on any atom is -0.478 e. The quantitative estimate of drug-likeness (QED) is 0.386. The number of nitro groups is 1. The van der Waals surface area contributed by atoms with Crippen molar-refractivity contribution in [1.82, 2.24) is 0 Å². The molecule has 1 aromatic carbocycles. The minimum absolute atomic E-state index is 0.00735. The van der Waals surface area contributed by atoms with Crippen molar-refractivity contribution in [1.29, 1.82) is 0 Å². The summed E-state index contributed by atoms with van der Waals surface area (Å²) in [4.78, 5) is 21.2. The van der Waals surface area contributed by atoms with E-state index < -0.39 is 10.9 Å². The fourth-order valence-electron chi connectivity index (χ4n) is 1.51. The number of aliphatic hydroxyl groups excluding tert-OH is 1. The highest BCUT2D eigenvalue weighted by molar-refractivity contribution is 5.96. The topological polar surface area (TPSA) is 113 Å². The number of unbranched alkanes of at least 4 members (excludes halogenated alkanes) is 1. The van der Waals surface area contributed by atoms with Crippen molar-refractivity contribution in [2.75, 3.05) is 18.5 Å². The predicted molar refractivity (Wildman–Crippen MR) is 64.9 cm³/mol. The molecule has 7 heteroatoms. The zero-order valence-electron chi connectivity index (χ0n) is 9.63. The van der Waals surface area contributed by atoms with Crippen LogP contribution in [0.2, 0.25) is 0 Å². The van der Waals surface area contributed by atoms with E-state index in [0.29, 0.717) is 19.4 Å². The number of para-hydroxylation sites is 1. The Bertz CT molecular complexity index is 415. The number of nitrogens with zero attached hydrogens (tertiary/aromatic N) is 1. The number of rotatable bonds is 7. The molecule has 0 radical (unpaired) electrons. The third-order valence-electron chi connectivity index (χ3n) is 2.36. The fourth-order valence-corrected chi connectivity index (χ4v) is 1.51. The van der Waals surface area contributed by atoms with Gasteiger partial charge in [0.05, 0.1) is 10.5 Å². The third-order valence-corrected chi connectivity index (χ3v) is 2.36. The van der Waals surface area contributed by atoms with E-state index in [0.717, 1.165) is 0 Å². The first-order valence-corrected chi connectivity index (χ1v) is 5.43. The van der Waals surface area contributed by atoms with E-state index in [1.54, 1.807) is 0 Å². The van der Waals surface area contributed by atoms with Gasteiger partial charge in [0.25, 0.3) is 5.69 Å². The van der Waals surface area contributed by atoms with Crippen LogP contribution in [-0.2, 0) is 0 Å². The molecule has 0 spiro atoms. The van der Waals surface area contributed by atoms with Crippen LogP contribution in [0.15, 0.2) is 18.2 Å². The number of nitrogens with one attached hydrogen (secondary N) is 1. The number of hydrogen-bond acceptors (Lipinski definition) is 5. The summed E-state index contributed by atoms with van der Waals surface area (Å²) in [7, 11) is 0. The number of aliphatic hydroxyl groups is 1. The van der Waals surface area contributed by atoms with Crippen molar-refractivity contribution >= 4 is 17.3 Å². The molecule has 0 heterocycles. The molecule has 0 aliphatic carbocycles. The molecule has 0 aliphatic heterocycles. The molecule has 1 aromatic rings. The van der Waals surface area contributed by atoms with Gasteiger partial charge in [0.15, 0.2) is 0 Å². The summed E-state index contributed by atoms with van der Waals surface area (Å²) >= 11 is 0. The van der Waals surface area contributed by atoms with Gasteiger partial charge < -0.3 is 15.5 Å². The number of carboxylic acids is 1. The van der Waals surface area contributed by atoms with Gasteiger partial charge in [0.1, 0.15) is 5.69 Å². The molecule has 0 amide bonds. The van der Waals surface area contributed by atoms with Gasteiger partial charge >= 0.3 is 5.97 Å². The monoisotopic (exact) mass is 254 g/mol. The standard InChI is InChI=1S/C11H14N2O5/c14-7-2-1-6-12-10-8(11(15)16)4-3-5-9(10)13(17)18/h3-5,12,14H,1-2,6-7H2,(H,15,16). The maximum absolute atomic E-state index is 11.0. The van der Waals surface area contributed by atoms with E-state index in [1.165, 1.54) is 18.2 Å². The Labute approximate surface area is 103 Å². The number of carboxylic acid groups (broad SMARTS) is 1. The molecular formula is C11H14N2O5. The van der Waals surface area contributed by atoms with Crippen LogP contribution >= 0.6 is 0 Å². The molecule has 0 aromatic heterocycles. The Morgan fingerprint density at radius 2 is 2.11 bits per heavy atom. The highest BCUT2D eigenvalue weighted by Crippen LogP contribution is 2.28. The molecule has 1 rings (SSSR count). The normalized spacial score (nSPS) is 10.1. The van der Waals surface area contributed by atoms with Gasteiger partial charge in [-0.05, 0) is 18.9 Å². The number of benzene rings is 1. The maximum atomic E-state index is 11.0. The summed E-state index contributed by atoms with van der Waals surface area (Å²) < 4.78 is 0. The van der Waals surface area contributed by atoms with Crippen molar-refractivity contribution < 1.29 is 19.9 Å². The Morgan fingerprint density at radius 1 is 1.39 bits per heavy atom. The third kappa shape index (κ3) is 3.42. The molecule has 98 valence electrons. The summed E-state index contributed by atoms with van der Waals surface area (Å²) in [6.45, 7) is 0.399. The maximum Gasteiger partial charge on any atom is 0.338 e. The van der Waals surface area contributed by atoms with Crippen molar-refractivity contribution in [2.45, 2.75) is 12.8 Å². The van der Waals surface area contributed by atoms with Crippen molar-refractivity contribution in [3.63, 3.8) is 0 Å². The van der Waals surface area contributed by atoms with Crippen LogP contribution in [0, 0.1) is 10.1 Å². The van der Waals surface area contributed by atoms with Gasteiger partial charge in [-0.25, -0.2) is 4.79 Å². The van der Waals surface area contributed by atoms with E-state index in [2.05, 4.69) is 5.32 Å². The van der Waals surface area contributed by atoms with E-state index in [-0.39, 0.29) is 23.5 Å². The van der Waals surface area contributed by atoms with E-state index in [4.69, 9.17) is 10.2 Å². The zero-order valence-corrected chi connectivity index (χ0v) is 9.63. The van der Waals surface area contributed by atoms with Gasteiger partial charge in [-0.1, -0.05) is 6.07 Å². The number of aromatic carboxylic acids is 1. The SMILES string of the molecule is O=C(O)c1cccc([N+](=O)[O-])c1NCCCCO. The largest absolute Gasteiger partial charge is 0.478 e. The average molecular weight is 254 g/mol. The molecule has 7 nitrogen and oxygen atoms in total. The lowest BCUT2D eigenvalue weighted by molar-refractivity contribution is -0.384. The molecule has 0 bridgehead atoms. The molecular weight excluding hydrogens is 240 g/mol. The fraction of sp³-hybridized carbons (Fsp3) is 0.364. The van der Waals surface area contributed by atoms with Crippen LogP contribution in [0.1, 0.15) is 23.2 Å². The smallest absolute Gasteiger partial charge is 0.338 e. The molecule has 18 heavy (non-hydrogen) atoms. The van der Waals surface area contributed by atoms with Crippen molar-refractivity contribution in [2.24, 2.45) is 0 Å². The highest BCUT2D eigenvalue weighted by Gasteiger charge is 2.20. The van der Waals surface area contributed by atoms with Crippen LogP contribution in [0.4, 0.5) is 11.4 Å². The van der Waals surface area contributed by atoms with Gasteiger partial charge in [0.2, 0.25) is 0 Å². The number of carbonyl (C=O) groups is 1. The minimum atomic E-state index is -1.22. The number of nitro benzene ring substituents is 1. The summed E-state index contributed by atoms with van der Waals surface area (Å²) in [5.74, 6) is -1.22. The first-order chi connectivity index (χ1) is 8.57. The van der Waals surface area contributed by atoms with Crippen LogP contribution in [-0.4, -0.2) is 34.3 Å². The summed E-state index contributed by atoms with van der Waals surface area (Å²) in [6.07, 6.45) is 1.15. The van der Waals surface area contributed by atoms with E-state index >= 15 is 0 Å². The Morgan fingerprint density at radius 3 is 2.67 bits per heavy atom. The second-order valence-electron chi connectivity index (χ2n) is 3.62. The Hall–Kier alpha value is -2.15. The number of anilines is 1. The van der Waals surface area contributed by atoms with Gasteiger partial charge in [-0.2, -0.15) is 0 Å². The molecule has 0 atom stereocenters. The number of hydrogen-bond donors (Lipinski definition) is 3.